The van der Waals surface area contributed by atoms with E-state index in [-0.39, 0.29) is 17.5 Å². The van der Waals surface area contributed by atoms with E-state index in [9.17, 15) is 14.7 Å². The number of fused-ring (bicyclic) bond motifs is 1. The lowest BCUT2D eigenvalue weighted by molar-refractivity contribution is -0.139. The SMILES string of the molecule is O=C(O)c1ccc(CN2Cc3[nH]cnc3C[C@H]2C(=O)N2CCC(Cc3ccccc3)CC2)cc1. The van der Waals surface area contributed by atoms with E-state index in [1.165, 1.54) is 5.56 Å². The van der Waals surface area contributed by atoms with Crippen molar-refractivity contribution in [3.63, 3.8) is 0 Å². The number of aromatic amines is 1. The Balaban J connectivity index is 1.26. The van der Waals surface area contributed by atoms with E-state index in [2.05, 4.69) is 39.1 Å². The molecule has 1 fully saturated rings. The minimum atomic E-state index is -0.935. The summed E-state index contributed by atoms with van der Waals surface area (Å²) in [6, 6.07) is 17.2. The summed E-state index contributed by atoms with van der Waals surface area (Å²) in [6.45, 7) is 2.79. The third-order valence-corrected chi connectivity index (χ3v) is 7.16. The summed E-state index contributed by atoms with van der Waals surface area (Å²) in [5.74, 6) is -0.149. The monoisotopic (exact) mass is 458 g/mol. The molecule has 34 heavy (non-hydrogen) atoms. The second kappa shape index (κ2) is 9.81. The number of rotatable bonds is 6. The fourth-order valence-corrected chi connectivity index (χ4v) is 5.20. The van der Waals surface area contributed by atoms with Gasteiger partial charge in [0.1, 0.15) is 0 Å². The number of aromatic nitrogens is 2. The molecule has 2 aromatic carbocycles. The zero-order valence-electron chi connectivity index (χ0n) is 19.2. The number of nitrogens with zero attached hydrogens (tertiary/aromatic N) is 3. The first-order valence-corrected chi connectivity index (χ1v) is 12.0. The number of carbonyl (C=O) groups is 2. The van der Waals surface area contributed by atoms with Crippen LogP contribution in [-0.2, 0) is 30.7 Å². The summed E-state index contributed by atoms with van der Waals surface area (Å²) >= 11 is 0. The number of hydrogen-bond acceptors (Lipinski definition) is 4. The van der Waals surface area contributed by atoms with Gasteiger partial charge in [0.25, 0.3) is 0 Å². The lowest BCUT2D eigenvalue weighted by atomic mass is 9.89. The van der Waals surface area contributed by atoms with Crippen LogP contribution in [0.4, 0.5) is 0 Å². The van der Waals surface area contributed by atoms with Gasteiger partial charge in [-0.15, -0.1) is 0 Å². The molecule has 176 valence electrons. The van der Waals surface area contributed by atoms with Crippen LogP contribution in [0.1, 0.15) is 45.7 Å². The van der Waals surface area contributed by atoms with Gasteiger partial charge in [-0.25, -0.2) is 9.78 Å². The number of benzene rings is 2. The molecule has 1 atom stereocenters. The molecule has 7 heteroatoms. The maximum Gasteiger partial charge on any atom is 0.335 e. The largest absolute Gasteiger partial charge is 0.478 e. The van der Waals surface area contributed by atoms with Gasteiger partial charge in [-0.3, -0.25) is 9.69 Å². The summed E-state index contributed by atoms with van der Waals surface area (Å²) in [7, 11) is 0. The lowest BCUT2D eigenvalue weighted by Crippen LogP contribution is -2.53. The van der Waals surface area contributed by atoms with Crippen LogP contribution in [0.25, 0.3) is 0 Å². The molecule has 0 spiro atoms. The lowest BCUT2D eigenvalue weighted by Gasteiger charge is -2.39. The topological polar surface area (TPSA) is 89.5 Å². The van der Waals surface area contributed by atoms with Gasteiger partial charge >= 0.3 is 5.97 Å². The first-order chi connectivity index (χ1) is 16.6. The van der Waals surface area contributed by atoms with Crippen molar-refractivity contribution in [1.82, 2.24) is 19.8 Å². The van der Waals surface area contributed by atoms with Gasteiger partial charge in [-0.2, -0.15) is 0 Å². The van der Waals surface area contributed by atoms with Gasteiger partial charge < -0.3 is 15.0 Å². The summed E-state index contributed by atoms with van der Waals surface area (Å²) in [4.78, 5) is 36.7. The first kappa shape index (κ1) is 22.3. The summed E-state index contributed by atoms with van der Waals surface area (Å²) in [5, 5.41) is 9.17. The molecule has 2 N–H and O–H groups in total. The minimum Gasteiger partial charge on any atom is -0.478 e. The molecule has 0 aliphatic carbocycles. The van der Waals surface area contributed by atoms with Crippen LogP contribution in [0.15, 0.2) is 60.9 Å². The van der Waals surface area contributed by atoms with Crippen LogP contribution >= 0.6 is 0 Å². The zero-order chi connectivity index (χ0) is 23.5. The standard InChI is InChI=1S/C27H30N4O3/c32-26(30-12-10-20(11-13-30)14-19-4-2-1-3-5-19)25-15-23-24(29-18-28-23)17-31(25)16-21-6-8-22(9-7-21)27(33)34/h1-9,18,20,25H,10-17H2,(H,28,29)(H,33,34)/t25-/m0/s1. The van der Waals surface area contributed by atoms with E-state index in [0.29, 0.717) is 25.4 Å². The molecule has 5 rings (SSSR count). The van der Waals surface area contributed by atoms with Crippen molar-refractivity contribution in [2.24, 2.45) is 5.92 Å². The van der Waals surface area contributed by atoms with Crippen LogP contribution in [0, 0.1) is 5.92 Å². The number of piperidine rings is 1. The molecule has 0 bridgehead atoms. The van der Waals surface area contributed by atoms with Gasteiger partial charge in [-0.05, 0) is 48.4 Å². The first-order valence-electron chi connectivity index (χ1n) is 12.0. The van der Waals surface area contributed by atoms with Crippen LogP contribution in [-0.4, -0.2) is 55.9 Å². The Morgan fingerprint density at radius 3 is 2.44 bits per heavy atom. The quantitative estimate of drug-likeness (QED) is 0.590. The van der Waals surface area contributed by atoms with E-state index >= 15 is 0 Å². The van der Waals surface area contributed by atoms with E-state index in [4.69, 9.17) is 0 Å². The van der Waals surface area contributed by atoms with Crippen molar-refractivity contribution in [3.8, 4) is 0 Å². The Morgan fingerprint density at radius 2 is 1.74 bits per heavy atom. The molecule has 1 aromatic heterocycles. The van der Waals surface area contributed by atoms with E-state index in [1.54, 1.807) is 18.5 Å². The normalized spacial score (nSPS) is 19.1. The van der Waals surface area contributed by atoms with Crippen molar-refractivity contribution in [2.75, 3.05) is 13.1 Å². The molecular formula is C27H30N4O3. The number of hydrogen-bond donors (Lipinski definition) is 2. The summed E-state index contributed by atoms with van der Waals surface area (Å²) in [5.41, 5.74) is 4.64. The van der Waals surface area contributed by atoms with E-state index in [0.717, 1.165) is 49.3 Å². The van der Waals surface area contributed by atoms with E-state index < -0.39 is 5.97 Å². The molecule has 1 amide bonds. The predicted octanol–water partition coefficient (Wildman–Crippen LogP) is 3.52. The highest BCUT2D eigenvalue weighted by Crippen LogP contribution is 2.27. The minimum absolute atomic E-state index is 0.175. The van der Waals surface area contributed by atoms with Crippen LogP contribution < -0.4 is 0 Å². The highest BCUT2D eigenvalue weighted by Gasteiger charge is 2.36. The average molecular weight is 459 g/mol. The average Bonchev–Trinajstić information content (AvgIpc) is 3.32. The van der Waals surface area contributed by atoms with Gasteiger partial charge in [0.05, 0.1) is 29.3 Å². The number of carboxylic acid groups (broad SMARTS) is 1. The molecule has 2 aliphatic rings. The molecule has 3 heterocycles. The molecule has 1 saturated heterocycles. The fraction of sp³-hybridized carbons (Fsp3) is 0.370. The van der Waals surface area contributed by atoms with Gasteiger partial charge in [0, 0.05) is 32.6 Å². The van der Waals surface area contributed by atoms with Crippen molar-refractivity contribution in [2.45, 2.75) is 44.8 Å². The van der Waals surface area contributed by atoms with Crippen LogP contribution in [0.2, 0.25) is 0 Å². The molecule has 0 unspecified atom stereocenters. The Kier molecular flexibility index (Phi) is 6.45. The summed E-state index contributed by atoms with van der Waals surface area (Å²) in [6.07, 6.45) is 5.41. The van der Waals surface area contributed by atoms with Gasteiger partial charge in [-0.1, -0.05) is 42.5 Å². The maximum atomic E-state index is 13.7. The number of imidazole rings is 1. The molecule has 0 radical (unpaired) electrons. The van der Waals surface area contributed by atoms with E-state index in [1.807, 2.05) is 23.1 Å². The second-order valence-corrected chi connectivity index (χ2v) is 9.41. The number of carbonyl (C=O) groups excluding carboxylic acids is 1. The molecular weight excluding hydrogens is 428 g/mol. The Morgan fingerprint density at radius 1 is 1.00 bits per heavy atom. The predicted molar refractivity (Wildman–Crippen MR) is 128 cm³/mol. The third kappa shape index (κ3) is 4.89. The highest BCUT2D eigenvalue weighted by atomic mass is 16.4. The van der Waals surface area contributed by atoms with Gasteiger partial charge in [0.2, 0.25) is 5.91 Å². The molecule has 3 aromatic rings. The zero-order valence-corrected chi connectivity index (χ0v) is 19.2. The Hall–Kier alpha value is -3.45. The van der Waals surface area contributed by atoms with Crippen molar-refractivity contribution < 1.29 is 14.7 Å². The Labute approximate surface area is 199 Å². The number of carboxylic acids is 1. The summed E-state index contributed by atoms with van der Waals surface area (Å²) < 4.78 is 0. The fourth-order valence-electron chi connectivity index (χ4n) is 5.20. The highest BCUT2D eigenvalue weighted by molar-refractivity contribution is 5.87. The van der Waals surface area contributed by atoms with Crippen molar-refractivity contribution in [3.05, 3.63) is 89.0 Å². The number of aromatic carboxylic acids is 1. The molecule has 2 aliphatic heterocycles. The van der Waals surface area contributed by atoms with Crippen molar-refractivity contribution in [1.29, 1.82) is 0 Å². The molecule has 7 nitrogen and oxygen atoms in total. The van der Waals surface area contributed by atoms with Crippen LogP contribution in [0.5, 0.6) is 0 Å². The smallest absolute Gasteiger partial charge is 0.335 e. The Bertz CT molecular complexity index is 1130. The number of nitrogens with one attached hydrogen (secondary N) is 1. The maximum absolute atomic E-state index is 13.7. The van der Waals surface area contributed by atoms with Crippen LogP contribution in [0.3, 0.4) is 0 Å². The number of H-pyrrole nitrogens is 1. The van der Waals surface area contributed by atoms with Gasteiger partial charge in [0.15, 0.2) is 0 Å². The van der Waals surface area contributed by atoms with Crippen molar-refractivity contribution >= 4 is 11.9 Å². The number of amides is 1. The second-order valence-electron chi connectivity index (χ2n) is 9.41. The third-order valence-electron chi connectivity index (χ3n) is 7.16. The number of likely N-dealkylation sites (tertiary alicyclic amines) is 1. The molecule has 0 saturated carbocycles.